The van der Waals surface area contributed by atoms with E-state index in [-0.39, 0.29) is 12.1 Å². The smallest absolute Gasteiger partial charge is 0.326 e. The van der Waals surface area contributed by atoms with Gasteiger partial charge in [0.2, 0.25) is 0 Å². The van der Waals surface area contributed by atoms with Gasteiger partial charge in [-0.3, -0.25) is 4.98 Å². The summed E-state index contributed by atoms with van der Waals surface area (Å²) in [5.74, 6) is 0. The van der Waals surface area contributed by atoms with Crippen molar-refractivity contribution < 1.29 is 13.2 Å². The fourth-order valence-electron chi connectivity index (χ4n) is 1.01. The van der Waals surface area contributed by atoms with Crippen LogP contribution >= 0.6 is 0 Å². The van der Waals surface area contributed by atoms with Gasteiger partial charge in [-0.25, -0.2) is 0 Å². The second-order valence-corrected chi connectivity index (χ2v) is 2.68. The summed E-state index contributed by atoms with van der Waals surface area (Å²) < 4.78 is 37.0. The Morgan fingerprint density at radius 2 is 2.08 bits per heavy atom. The molecule has 0 aromatic carbocycles. The molecule has 0 unspecified atom stereocenters. The van der Waals surface area contributed by atoms with Crippen LogP contribution in [0, 0.1) is 6.92 Å². The fourth-order valence-corrected chi connectivity index (χ4v) is 1.01. The predicted molar refractivity (Wildman–Crippen MR) is 41.9 cm³/mol. The van der Waals surface area contributed by atoms with Crippen molar-refractivity contribution in [3.8, 4) is 0 Å². The maximum atomic E-state index is 12.3. The van der Waals surface area contributed by atoms with Crippen LogP contribution in [0.5, 0.6) is 0 Å². The van der Waals surface area contributed by atoms with Crippen LogP contribution in [0.3, 0.4) is 0 Å². The number of nitrogens with zero attached hydrogens (tertiary/aromatic N) is 1. The Morgan fingerprint density at radius 3 is 2.54 bits per heavy atom. The third-order valence-corrected chi connectivity index (χ3v) is 1.65. The van der Waals surface area contributed by atoms with Crippen molar-refractivity contribution in [3.63, 3.8) is 0 Å². The van der Waals surface area contributed by atoms with Gasteiger partial charge in [-0.1, -0.05) is 0 Å². The summed E-state index contributed by atoms with van der Waals surface area (Å²) in [6.07, 6.45) is -3.18. The molecule has 0 saturated heterocycles. The first-order valence-corrected chi connectivity index (χ1v) is 3.68. The topological polar surface area (TPSA) is 38.9 Å². The SMILES string of the molecule is Cc1cc(C(F)(F)F)c(CN)cn1. The lowest BCUT2D eigenvalue weighted by molar-refractivity contribution is -0.138. The lowest BCUT2D eigenvalue weighted by Gasteiger charge is -2.11. The van der Waals surface area contributed by atoms with Gasteiger partial charge in [-0.2, -0.15) is 13.2 Å². The van der Waals surface area contributed by atoms with Crippen molar-refractivity contribution in [1.82, 2.24) is 4.98 Å². The normalized spacial score (nSPS) is 11.8. The Balaban J connectivity index is 3.24. The van der Waals surface area contributed by atoms with E-state index in [0.717, 1.165) is 12.3 Å². The third-order valence-electron chi connectivity index (χ3n) is 1.65. The van der Waals surface area contributed by atoms with Gasteiger partial charge in [0, 0.05) is 18.4 Å². The Morgan fingerprint density at radius 1 is 1.46 bits per heavy atom. The number of hydrogen-bond acceptors (Lipinski definition) is 2. The summed E-state index contributed by atoms with van der Waals surface area (Å²) in [6.45, 7) is 1.36. The highest BCUT2D eigenvalue weighted by Crippen LogP contribution is 2.31. The van der Waals surface area contributed by atoms with Crippen molar-refractivity contribution >= 4 is 0 Å². The molecule has 1 heterocycles. The number of hydrogen-bond donors (Lipinski definition) is 1. The average Bonchev–Trinajstić information content (AvgIpc) is 2.03. The molecule has 0 spiro atoms. The standard InChI is InChI=1S/C8H9F3N2/c1-5-2-7(8(9,10)11)6(3-12)4-13-5/h2,4H,3,12H2,1H3. The number of nitrogens with two attached hydrogens (primary N) is 1. The largest absolute Gasteiger partial charge is 0.416 e. The van der Waals surface area contributed by atoms with Gasteiger partial charge in [0.1, 0.15) is 0 Å². The molecule has 2 nitrogen and oxygen atoms in total. The Labute approximate surface area is 73.6 Å². The molecule has 0 atom stereocenters. The number of alkyl halides is 3. The first kappa shape index (κ1) is 9.98. The van der Waals surface area contributed by atoms with E-state index in [1.807, 2.05) is 0 Å². The molecular formula is C8H9F3N2. The van der Waals surface area contributed by atoms with Gasteiger partial charge < -0.3 is 5.73 Å². The molecule has 5 heteroatoms. The van der Waals surface area contributed by atoms with Gasteiger partial charge in [0.05, 0.1) is 5.56 Å². The zero-order chi connectivity index (χ0) is 10.1. The summed E-state index contributed by atoms with van der Waals surface area (Å²) in [5.41, 5.74) is 4.83. The zero-order valence-electron chi connectivity index (χ0n) is 7.02. The first-order chi connectivity index (χ1) is 5.95. The molecule has 1 aromatic heterocycles. The van der Waals surface area contributed by atoms with Crippen LogP contribution in [0.15, 0.2) is 12.3 Å². The third kappa shape index (κ3) is 2.18. The molecule has 13 heavy (non-hydrogen) atoms. The van der Waals surface area contributed by atoms with Crippen LogP contribution < -0.4 is 5.73 Å². The van der Waals surface area contributed by atoms with Crippen molar-refractivity contribution in [2.75, 3.05) is 0 Å². The average molecular weight is 190 g/mol. The van der Waals surface area contributed by atoms with Crippen LogP contribution in [0.2, 0.25) is 0 Å². The van der Waals surface area contributed by atoms with Crippen molar-refractivity contribution in [2.24, 2.45) is 5.73 Å². The minimum absolute atomic E-state index is 0.0260. The van der Waals surface area contributed by atoms with Crippen molar-refractivity contribution in [2.45, 2.75) is 19.6 Å². The molecule has 72 valence electrons. The van der Waals surface area contributed by atoms with Crippen LogP contribution in [-0.2, 0) is 12.7 Å². The summed E-state index contributed by atoms with van der Waals surface area (Å²) in [6, 6.07) is 1.00. The predicted octanol–water partition coefficient (Wildman–Crippen LogP) is 1.87. The molecule has 0 aliphatic carbocycles. The minimum atomic E-state index is -4.34. The minimum Gasteiger partial charge on any atom is -0.326 e. The Bertz CT molecular complexity index is 307. The molecule has 0 bridgehead atoms. The van der Waals surface area contributed by atoms with E-state index in [1.54, 1.807) is 0 Å². The van der Waals surface area contributed by atoms with Crippen LogP contribution in [0.1, 0.15) is 16.8 Å². The highest BCUT2D eigenvalue weighted by atomic mass is 19.4. The zero-order valence-corrected chi connectivity index (χ0v) is 7.02. The van der Waals surface area contributed by atoms with Gasteiger partial charge in [-0.05, 0) is 18.6 Å². The summed E-state index contributed by atoms with van der Waals surface area (Å²) >= 11 is 0. The maximum absolute atomic E-state index is 12.3. The Kier molecular flexibility index (Phi) is 2.56. The molecule has 1 rings (SSSR count). The van der Waals surface area contributed by atoms with Crippen molar-refractivity contribution in [1.29, 1.82) is 0 Å². The number of aromatic nitrogens is 1. The van der Waals surface area contributed by atoms with E-state index in [4.69, 9.17) is 5.73 Å². The molecule has 0 radical (unpaired) electrons. The van der Waals surface area contributed by atoms with E-state index in [2.05, 4.69) is 4.98 Å². The monoisotopic (exact) mass is 190 g/mol. The van der Waals surface area contributed by atoms with E-state index in [0.29, 0.717) is 5.69 Å². The molecule has 0 fully saturated rings. The van der Waals surface area contributed by atoms with Gasteiger partial charge in [0.15, 0.2) is 0 Å². The summed E-state index contributed by atoms with van der Waals surface area (Å²) in [4.78, 5) is 3.74. The van der Waals surface area contributed by atoms with E-state index < -0.39 is 11.7 Å². The fraction of sp³-hybridized carbons (Fsp3) is 0.375. The number of rotatable bonds is 1. The lowest BCUT2D eigenvalue weighted by Crippen LogP contribution is -2.12. The van der Waals surface area contributed by atoms with Gasteiger partial charge >= 0.3 is 6.18 Å². The second-order valence-electron chi connectivity index (χ2n) is 2.68. The molecule has 1 aromatic rings. The number of halogens is 3. The van der Waals surface area contributed by atoms with Crippen LogP contribution in [0.25, 0.3) is 0 Å². The number of aryl methyl sites for hydroxylation is 1. The Hall–Kier alpha value is -1.10. The molecular weight excluding hydrogens is 181 g/mol. The number of pyridine rings is 1. The highest BCUT2D eigenvalue weighted by molar-refractivity contribution is 5.28. The van der Waals surface area contributed by atoms with Crippen LogP contribution in [0.4, 0.5) is 13.2 Å². The van der Waals surface area contributed by atoms with Gasteiger partial charge in [-0.15, -0.1) is 0 Å². The lowest BCUT2D eigenvalue weighted by atomic mass is 10.1. The second kappa shape index (κ2) is 3.33. The summed E-state index contributed by atoms with van der Waals surface area (Å²) in [7, 11) is 0. The van der Waals surface area contributed by atoms with E-state index in [1.165, 1.54) is 6.92 Å². The molecule has 0 aliphatic rings. The highest BCUT2D eigenvalue weighted by Gasteiger charge is 2.33. The molecule has 0 aliphatic heterocycles. The first-order valence-electron chi connectivity index (χ1n) is 3.68. The summed E-state index contributed by atoms with van der Waals surface area (Å²) in [5, 5.41) is 0. The van der Waals surface area contributed by atoms with Crippen molar-refractivity contribution in [3.05, 3.63) is 29.1 Å². The maximum Gasteiger partial charge on any atom is 0.416 e. The van der Waals surface area contributed by atoms with E-state index in [9.17, 15) is 13.2 Å². The molecule has 0 amide bonds. The van der Waals surface area contributed by atoms with Crippen LogP contribution in [-0.4, -0.2) is 4.98 Å². The quantitative estimate of drug-likeness (QED) is 0.734. The molecule has 2 N–H and O–H groups in total. The van der Waals surface area contributed by atoms with E-state index >= 15 is 0 Å². The van der Waals surface area contributed by atoms with Gasteiger partial charge in [0.25, 0.3) is 0 Å². The molecule has 0 saturated carbocycles.